The fraction of sp³-hybridized carbons (Fsp3) is 0.600. The Hall–Kier alpha value is -1.30. The molecular weight excluding hydrogens is 258 g/mol. The van der Waals surface area contributed by atoms with E-state index < -0.39 is 11.7 Å². The normalized spacial score (nSPS) is 24.1. The number of hydrogen-bond acceptors (Lipinski definition) is 5. The zero-order valence-corrected chi connectivity index (χ0v) is 12.5. The molecule has 112 valence electrons. The van der Waals surface area contributed by atoms with Gasteiger partial charge in [-0.3, -0.25) is 4.90 Å². The van der Waals surface area contributed by atoms with E-state index in [0.29, 0.717) is 23.6 Å². The van der Waals surface area contributed by atoms with Crippen molar-refractivity contribution >= 4 is 0 Å². The Kier molecular flexibility index (Phi) is 4.22. The minimum absolute atomic E-state index is 0.0363. The molecule has 1 aliphatic heterocycles. The Morgan fingerprint density at radius 2 is 2.10 bits per heavy atom. The number of benzene rings is 1. The monoisotopic (exact) mass is 281 g/mol. The number of methoxy groups -OCH3 is 1. The smallest absolute Gasteiger partial charge is 0.129 e. The Labute approximate surface area is 119 Å². The highest BCUT2D eigenvalue weighted by Crippen LogP contribution is 2.45. The van der Waals surface area contributed by atoms with Crippen LogP contribution in [0.4, 0.5) is 0 Å². The standard InChI is InChI=1S/C15H23NO4/c1-15(2)14(16(3)8-9-17)13(18)12-10(19-4)6-5-7-11(12)20-15/h5-7,13-14,17-18H,8-9H2,1-4H3. The number of aliphatic hydroxyl groups is 2. The third-order valence-corrected chi connectivity index (χ3v) is 3.85. The maximum absolute atomic E-state index is 10.8. The van der Waals surface area contributed by atoms with Crippen molar-refractivity contribution in [2.45, 2.75) is 31.6 Å². The predicted molar refractivity (Wildman–Crippen MR) is 76.2 cm³/mol. The Morgan fingerprint density at radius 3 is 2.70 bits per heavy atom. The first-order valence-corrected chi connectivity index (χ1v) is 6.77. The van der Waals surface area contributed by atoms with E-state index in [-0.39, 0.29) is 12.6 Å². The maximum Gasteiger partial charge on any atom is 0.129 e. The second kappa shape index (κ2) is 5.60. The van der Waals surface area contributed by atoms with Crippen molar-refractivity contribution in [3.05, 3.63) is 23.8 Å². The van der Waals surface area contributed by atoms with Gasteiger partial charge in [0.1, 0.15) is 23.2 Å². The second-order valence-electron chi connectivity index (χ2n) is 5.67. The van der Waals surface area contributed by atoms with Crippen LogP contribution >= 0.6 is 0 Å². The van der Waals surface area contributed by atoms with Gasteiger partial charge in [-0.1, -0.05) is 6.07 Å². The summed E-state index contributed by atoms with van der Waals surface area (Å²) in [7, 11) is 3.45. The van der Waals surface area contributed by atoms with Crippen LogP contribution in [0.2, 0.25) is 0 Å². The zero-order chi connectivity index (χ0) is 14.9. The second-order valence-corrected chi connectivity index (χ2v) is 5.67. The van der Waals surface area contributed by atoms with Crippen LogP contribution < -0.4 is 9.47 Å². The molecule has 2 unspecified atom stereocenters. The Balaban J connectivity index is 2.46. The van der Waals surface area contributed by atoms with Crippen LogP contribution in [0.1, 0.15) is 25.5 Å². The molecule has 5 heteroatoms. The van der Waals surface area contributed by atoms with Crippen molar-refractivity contribution in [3.8, 4) is 11.5 Å². The molecule has 1 aliphatic rings. The molecule has 5 nitrogen and oxygen atoms in total. The van der Waals surface area contributed by atoms with Crippen LogP contribution in [0.25, 0.3) is 0 Å². The summed E-state index contributed by atoms with van der Waals surface area (Å²) in [5.74, 6) is 1.27. The first-order valence-electron chi connectivity index (χ1n) is 6.77. The van der Waals surface area contributed by atoms with Gasteiger partial charge in [0.25, 0.3) is 0 Å². The van der Waals surface area contributed by atoms with Crippen molar-refractivity contribution in [2.75, 3.05) is 27.3 Å². The van der Waals surface area contributed by atoms with Gasteiger partial charge in [0, 0.05) is 6.54 Å². The average molecular weight is 281 g/mol. The molecule has 1 aromatic rings. The SMILES string of the molecule is COc1cccc2c1C(O)C(N(C)CCO)C(C)(C)O2. The molecule has 2 atom stereocenters. The molecule has 0 bridgehead atoms. The van der Waals surface area contributed by atoms with Gasteiger partial charge in [-0.25, -0.2) is 0 Å². The van der Waals surface area contributed by atoms with Crippen LogP contribution in [-0.2, 0) is 0 Å². The highest BCUT2D eigenvalue weighted by Gasteiger charge is 2.46. The number of ether oxygens (including phenoxy) is 2. The molecule has 0 radical (unpaired) electrons. The summed E-state index contributed by atoms with van der Waals surface area (Å²) in [5, 5.41) is 19.9. The minimum atomic E-state index is -0.735. The highest BCUT2D eigenvalue weighted by atomic mass is 16.5. The number of aliphatic hydroxyl groups excluding tert-OH is 2. The van der Waals surface area contributed by atoms with Gasteiger partial charge in [-0.15, -0.1) is 0 Å². The number of fused-ring (bicyclic) bond motifs is 1. The van der Waals surface area contributed by atoms with Gasteiger partial charge >= 0.3 is 0 Å². The number of rotatable bonds is 4. The molecule has 0 saturated carbocycles. The summed E-state index contributed by atoms with van der Waals surface area (Å²) >= 11 is 0. The molecular formula is C15H23NO4. The lowest BCUT2D eigenvalue weighted by Crippen LogP contribution is -2.57. The number of hydrogen-bond donors (Lipinski definition) is 2. The molecule has 0 saturated heterocycles. The van der Waals surface area contributed by atoms with E-state index in [4.69, 9.17) is 14.6 Å². The summed E-state index contributed by atoms with van der Waals surface area (Å²) in [4.78, 5) is 1.92. The Morgan fingerprint density at radius 1 is 1.40 bits per heavy atom. The molecule has 1 aromatic carbocycles. The highest BCUT2D eigenvalue weighted by molar-refractivity contribution is 5.49. The lowest BCUT2D eigenvalue weighted by Gasteiger charge is -2.47. The van der Waals surface area contributed by atoms with Gasteiger partial charge in [-0.05, 0) is 33.0 Å². The van der Waals surface area contributed by atoms with Crippen LogP contribution in [0.3, 0.4) is 0 Å². The summed E-state index contributed by atoms with van der Waals surface area (Å²) < 4.78 is 11.4. The predicted octanol–water partition coefficient (Wildman–Crippen LogP) is 1.19. The first-order chi connectivity index (χ1) is 9.42. The van der Waals surface area contributed by atoms with Crippen molar-refractivity contribution in [2.24, 2.45) is 0 Å². The van der Waals surface area contributed by atoms with Crippen LogP contribution in [-0.4, -0.2) is 54.1 Å². The van der Waals surface area contributed by atoms with Gasteiger partial charge in [0.2, 0.25) is 0 Å². The lowest BCUT2D eigenvalue weighted by atomic mass is 9.84. The largest absolute Gasteiger partial charge is 0.496 e. The fourth-order valence-electron chi connectivity index (χ4n) is 3.03. The van der Waals surface area contributed by atoms with Crippen LogP contribution in [0, 0.1) is 0 Å². The fourth-order valence-corrected chi connectivity index (χ4v) is 3.03. The van der Waals surface area contributed by atoms with E-state index >= 15 is 0 Å². The molecule has 20 heavy (non-hydrogen) atoms. The quantitative estimate of drug-likeness (QED) is 0.868. The molecule has 0 aromatic heterocycles. The van der Waals surface area contributed by atoms with Crippen LogP contribution in [0.5, 0.6) is 11.5 Å². The van der Waals surface area contributed by atoms with Gasteiger partial charge < -0.3 is 19.7 Å². The van der Waals surface area contributed by atoms with Crippen molar-refractivity contribution in [1.29, 1.82) is 0 Å². The molecule has 2 rings (SSSR count). The van der Waals surface area contributed by atoms with Crippen LogP contribution in [0.15, 0.2) is 18.2 Å². The van der Waals surface area contributed by atoms with E-state index in [0.717, 1.165) is 0 Å². The molecule has 0 amide bonds. The van der Waals surface area contributed by atoms with Crippen molar-refractivity contribution in [1.82, 2.24) is 4.90 Å². The lowest BCUT2D eigenvalue weighted by molar-refractivity contribution is -0.0781. The first kappa shape index (κ1) is 15.1. The molecule has 0 spiro atoms. The summed E-state index contributed by atoms with van der Waals surface area (Å²) in [5.41, 5.74) is 0.104. The van der Waals surface area contributed by atoms with Gasteiger partial charge in [0.05, 0.1) is 25.3 Å². The Bertz CT molecular complexity index is 475. The van der Waals surface area contributed by atoms with Crippen molar-refractivity contribution in [3.63, 3.8) is 0 Å². The van der Waals surface area contributed by atoms with E-state index in [2.05, 4.69) is 0 Å². The van der Waals surface area contributed by atoms with E-state index in [9.17, 15) is 5.11 Å². The molecule has 1 heterocycles. The zero-order valence-electron chi connectivity index (χ0n) is 12.5. The van der Waals surface area contributed by atoms with E-state index in [1.54, 1.807) is 7.11 Å². The summed E-state index contributed by atoms with van der Waals surface area (Å²) in [6.45, 7) is 4.39. The maximum atomic E-state index is 10.8. The average Bonchev–Trinajstić information content (AvgIpc) is 2.36. The number of nitrogens with zero attached hydrogens (tertiary/aromatic N) is 1. The van der Waals surface area contributed by atoms with Gasteiger partial charge in [-0.2, -0.15) is 0 Å². The van der Waals surface area contributed by atoms with E-state index in [1.165, 1.54) is 0 Å². The third kappa shape index (κ3) is 2.49. The summed E-state index contributed by atoms with van der Waals surface area (Å²) in [6.07, 6.45) is -0.735. The third-order valence-electron chi connectivity index (χ3n) is 3.85. The molecule has 0 aliphatic carbocycles. The molecule has 2 N–H and O–H groups in total. The minimum Gasteiger partial charge on any atom is -0.496 e. The van der Waals surface area contributed by atoms with E-state index in [1.807, 2.05) is 44.0 Å². The number of likely N-dealkylation sites (N-methyl/N-ethyl adjacent to an activating group) is 1. The topological polar surface area (TPSA) is 62.2 Å². The van der Waals surface area contributed by atoms with Crippen molar-refractivity contribution < 1.29 is 19.7 Å². The van der Waals surface area contributed by atoms with Gasteiger partial charge in [0.15, 0.2) is 0 Å². The summed E-state index contributed by atoms with van der Waals surface area (Å²) in [6, 6.07) is 5.23. The molecule has 0 fully saturated rings.